The molecular formula is C29H24N3O3+. The fraction of sp³-hybridized carbons (Fsp3) is 0.0690. The third kappa shape index (κ3) is 4.60. The minimum absolute atomic E-state index is 0.396. The molecule has 0 amide bonds. The minimum atomic E-state index is -0.396. The zero-order valence-electron chi connectivity index (χ0n) is 19.3. The van der Waals surface area contributed by atoms with Crippen molar-refractivity contribution < 1.29 is 20.0 Å². The van der Waals surface area contributed by atoms with E-state index in [1.54, 1.807) is 30.5 Å². The van der Waals surface area contributed by atoms with Gasteiger partial charge in [0.05, 0.1) is 35.8 Å². The van der Waals surface area contributed by atoms with E-state index in [1.807, 2.05) is 24.3 Å². The molecule has 0 radical (unpaired) electrons. The van der Waals surface area contributed by atoms with Crippen LogP contribution in [0.15, 0.2) is 97.2 Å². The average molecular weight is 463 g/mol. The van der Waals surface area contributed by atoms with Gasteiger partial charge in [-0.25, -0.2) is 14.8 Å². The molecule has 2 heterocycles. The first-order chi connectivity index (χ1) is 17.2. The van der Waals surface area contributed by atoms with E-state index in [2.05, 4.69) is 53.2 Å². The van der Waals surface area contributed by atoms with Gasteiger partial charge in [0.1, 0.15) is 5.75 Å². The molecule has 2 aromatic heterocycles. The predicted molar refractivity (Wildman–Crippen MR) is 135 cm³/mol. The number of pyridine rings is 2. The number of esters is 1. The molecule has 3 aromatic carbocycles. The normalized spacial score (nSPS) is 10.8. The second-order valence-corrected chi connectivity index (χ2v) is 8.00. The van der Waals surface area contributed by atoms with Gasteiger partial charge in [0, 0.05) is 22.9 Å². The highest BCUT2D eigenvalue weighted by Crippen LogP contribution is 2.36. The van der Waals surface area contributed by atoms with Crippen LogP contribution in [0.3, 0.4) is 0 Å². The number of quaternary nitrogens is 1. The zero-order chi connectivity index (χ0) is 24.2. The van der Waals surface area contributed by atoms with E-state index >= 15 is 0 Å². The molecule has 3 N–H and O–H groups in total. The third-order valence-corrected chi connectivity index (χ3v) is 5.80. The maximum absolute atomic E-state index is 11.7. The highest BCUT2D eigenvalue weighted by atomic mass is 16.5. The van der Waals surface area contributed by atoms with Crippen molar-refractivity contribution in [3.63, 3.8) is 0 Å². The van der Waals surface area contributed by atoms with Gasteiger partial charge < -0.3 is 15.2 Å². The first-order valence-electron chi connectivity index (χ1n) is 11.3. The lowest BCUT2D eigenvalue weighted by Gasteiger charge is -2.14. The maximum atomic E-state index is 11.7. The number of rotatable bonds is 6. The van der Waals surface area contributed by atoms with Gasteiger partial charge in [0.2, 0.25) is 5.88 Å². The molecule has 5 aromatic rings. The SMILES string of the molecule is COC(=O)c1ccc(Oc2nccc3nc(-c4ccc(C[NH3+])cc4)c(-c4ccccc4)cc23)cc1. The molecule has 0 bridgehead atoms. The molecule has 6 nitrogen and oxygen atoms in total. The smallest absolute Gasteiger partial charge is 0.337 e. The Morgan fingerprint density at radius 1 is 0.886 bits per heavy atom. The number of hydrogen-bond donors (Lipinski definition) is 1. The van der Waals surface area contributed by atoms with Crippen molar-refractivity contribution in [2.24, 2.45) is 0 Å². The summed E-state index contributed by atoms with van der Waals surface area (Å²) < 4.78 is 10.9. The number of hydrogen-bond acceptors (Lipinski definition) is 5. The quantitative estimate of drug-likeness (QED) is 0.347. The van der Waals surface area contributed by atoms with E-state index in [0.29, 0.717) is 17.2 Å². The Labute approximate surface area is 203 Å². The Hall–Kier alpha value is -4.55. The largest absolute Gasteiger partial charge is 0.465 e. The van der Waals surface area contributed by atoms with Gasteiger partial charge in [-0.2, -0.15) is 0 Å². The lowest BCUT2D eigenvalue weighted by molar-refractivity contribution is -0.386. The maximum Gasteiger partial charge on any atom is 0.337 e. The molecule has 0 aliphatic rings. The van der Waals surface area contributed by atoms with Gasteiger partial charge in [0.15, 0.2) is 0 Å². The van der Waals surface area contributed by atoms with E-state index in [0.717, 1.165) is 39.8 Å². The first-order valence-corrected chi connectivity index (χ1v) is 11.3. The standard InChI is InChI=1S/C29H23N3O3/c1-34-29(33)22-11-13-23(14-12-22)35-28-25-17-24(20-5-3-2-4-6-20)27(32-26(25)15-16-31-28)21-9-7-19(18-30)8-10-21/h2-17H,18,30H2,1H3/p+1. The third-order valence-electron chi connectivity index (χ3n) is 5.80. The molecule has 35 heavy (non-hydrogen) atoms. The fourth-order valence-corrected chi connectivity index (χ4v) is 3.93. The van der Waals surface area contributed by atoms with Crippen molar-refractivity contribution in [2.45, 2.75) is 6.54 Å². The van der Waals surface area contributed by atoms with Crippen LogP contribution in [0.25, 0.3) is 33.3 Å². The molecule has 172 valence electrons. The second kappa shape index (κ2) is 9.75. The van der Waals surface area contributed by atoms with Crippen molar-refractivity contribution in [1.82, 2.24) is 9.97 Å². The van der Waals surface area contributed by atoms with Crippen LogP contribution in [0.5, 0.6) is 11.6 Å². The number of nitrogens with zero attached hydrogens (tertiary/aromatic N) is 2. The number of methoxy groups -OCH3 is 1. The number of aromatic nitrogens is 2. The summed E-state index contributed by atoms with van der Waals surface area (Å²) >= 11 is 0. The summed E-state index contributed by atoms with van der Waals surface area (Å²) in [6, 6.07) is 29.2. The van der Waals surface area contributed by atoms with Crippen molar-refractivity contribution in [3.8, 4) is 34.0 Å². The summed E-state index contributed by atoms with van der Waals surface area (Å²) in [5, 5.41) is 0.793. The molecular weight excluding hydrogens is 438 g/mol. The van der Waals surface area contributed by atoms with Gasteiger partial charge in [-0.15, -0.1) is 0 Å². The van der Waals surface area contributed by atoms with Crippen LogP contribution in [-0.2, 0) is 11.3 Å². The summed E-state index contributed by atoms with van der Waals surface area (Å²) in [5.74, 6) is 0.607. The Bertz CT molecular complexity index is 1480. The summed E-state index contributed by atoms with van der Waals surface area (Å²) in [6.07, 6.45) is 1.69. The van der Waals surface area contributed by atoms with E-state index < -0.39 is 5.97 Å². The van der Waals surface area contributed by atoms with E-state index in [4.69, 9.17) is 14.5 Å². The highest BCUT2D eigenvalue weighted by molar-refractivity contribution is 5.94. The molecule has 0 unspecified atom stereocenters. The number of ether oxygens (including phenoxy) is 2. The lowest BCUT2D eigenvalue weighted by Crippen LogP contribution is -2.47. The molecule has 0 aliphatic heterocycles. The zero-order valence-corrected chi connectivity index (χ0v) is 19.3. The Balaban J connectivity index is 1.62. The van der Waals surface area contributed by atoms with E-state index in [1.165, 1.54) is 12.7 Å². The first kappa shape index (κ1) is 22.3. The number of benzene rings is 3. The molecule has 6 heteroatoms. The van der Waals surface area contributed by atoms with Crippen molar-refractivity contribution in [1.29, 1.82) is 0 Å². The van der Waals surface area contributed by atoms with Crippen molar-refractivity contribution in [3.05, 3.63) is 108 Å². The minimum Gasteiger partial charge on any atom is -0.465 e. The van der Waals surface area contributed by atoms with Crippen molar-refractivity contribution in [2.75, 3.05) is 7.11 Å². The molecule has 0 fully saturated rings. The van der Waals surface area contributed by atoms with Crippen LogP contribution >= 0.6 is 0 Å². The van der Waals surface area contributed by atoms with Gasteiger partial charge in [-0.1, -0.05) is 54.6 Å². The van der Waals surface area contributed by atoms with Gasteiger partial charge >= 0.3 is 5.97 Å². The number of fused-ring (bicyclic) bond motifs is 1. The van der Waals surface area contributed by atoms with Gasteiger partial charge in [-0.05, 0) is 42.0 Å². The van der Waals surface area contributed by atoms with Gasteiger partial charge in [0.25, 0.3) is 0 Å². The summed E-state index contributed by atoms with van der Waals surface area (Å²) in [6.45, 7) is 0.740. The van der Waals surface area contributed by atoms with Crippen LogP contribution in [0, 0.1) is 0 Å². The van der Waals surface area contributed by atoms with Crippen LogP contribution in [0.4, 0.5) is 0 Å². The molecule has 0 atom stereocenters. The molecule has 0 saturated heterocycles. The molecule has 0 spiro atoms. The summed E-state index contributed by atoms with van der Waals surface area (Å²) in [5.41, 5.74) is 10.3. The van der Waals surface area contributed by atoms with E-state index in [9.17, 15) is 4.79 Å². The predicted octanol–water partition coefficient (Wildman–Crippen LogP) is 5.28. The highest BCUT2D eigenvalue weighted by Gasteiger charge is 2.15. The molecule has 0 aliphatic carbocycles. The second-order valence-electron chi connectivity index (χ2n) is 8.00. The molecule has 5 rings (SSSR count). The Kier molecular flexibility index (Phi) is 6.20. The van der Waals surface area contributed by atoms with Crippen LogP contribution in [0.2, 0.25) is 0 Å². The topological polar surface area (TPSA) is 89.0 Å². The number of carbonyl (C=O) groups is 1. The monoisotopic (exact) mass is 462 g/mol. The van der Waals surface area contributed by atoms with Gasteiger partial charge in [-0.3, -0.25) is 0 Å². The van der Waals surface area contributed by atoms with Crippen LogP contribution in [0.1, 0.15) is 15.9 Å². The van der Waals surface area contributed by atoms with E-state index in [-0.39, 0.29) is 0 Å². The fourth-order valence-electron chi connectivity index (χ4n) is 3.93. The average Bonchev–Trinajstić information content (AvgIpc) is 2.93. The summed E-state index contributed by atoms with van der Waals surface area (Å²) in [4.78, 5) is 21.2. The van der Waals surface area contributed by atoms with Crippen molar-refractivity contribution >= 4 is 16.9 Å². The summed E-state index contributed by atoms with van der Waals surface area (Å²) in [7, 11) is 1.35. The van der Waals surface area contributed by atoms with Crippen LogP contribution in [-0.4, -0.2) is 23.0 Å². The Morgan fingerprint density at radius 3 is 2.31 bits per heavy atom. The Morgan fingerprint density at radius 2 is 1.63 bits per heavy atom. The molecule has 0 saturated carbocycles. The number of carbonyl (C=O) groups excluding carboxylic acids is 1. The lowest BCUT2D eigenvalue weighted by atomic mass is 9.97. The van der Waals surface area contributed by atoms with Crippen LogP contribution < -0.4 is 10.5 Å².